The van der Waals surface area contributed by atoms with Gasteiger partial charge in [0.15, 0.2) is 0 Å². The number of fused-ring (bicyclic) bond motifs is 2. The number of phenolic OH excluding ortho intramolecular Hbond substituents is 1. The van der Waals surface area contributed by atoms with Crippen molar-refractivity contribution in [2.24, 2.45) is 28.8 Å². The van der Waals surface area contributed by atoms with Crippen LogP contribution in [0.2, 0.25) is 0 Å². The van der Waals surface area contributed by atoms with Crippen LogP contribution in [0.4, 0.5) is 0 Å². The first-order valence-corrected chi connectivity index (χ1v) is 8.96. The first kappa shape index (κ1) is 15.3. The number of nitrogens with zero attached hydrogens (tertiary/aromatic N) is 2. The summed E-state index contributed by atoms with van der Waals surface area (Å²) >= 11 is 0. The van der Waals surface area contributed by atoms with Gasteiger partial charge in [-0.15, -0.1) is 0 Å². The summed E-state index contributed by atoms with van der Waals surface area (Å²) < 4.78 is 0. The normalized spacial score (nSPS) is 29.9. The Morgan fingerprint density at radius 1 is 0.962 bits per heavy atom. The van der Waals surface area contributed by atoms with Gasteiger partial charge in [0, 0.05) is 5.56 Å². The van der Waals surface area contributed by atoms with Gasteiger partial charge in [0.05, 0.1) is 18.1 Å². The van der Waals surface area contributed by atoms with Gasteiger partial charge in [0.2, 0.25) is 0 Å². The lowest BCUT2D eigenvalue weighted by Crippen LogP contribution is -2.38. The third-order valence-electron chi connectivity index (χ3n) is 5.99. The minimum atomic E-state index is -0.274. The molecule has 4 atom stereocenters. The van der Waals surface area contributed by atoms with E-state index in [2.05, 4.69) is 17.3 Å². The fourth-order valence-corrected chi connectivity index (χ4v) is 4.71. The average Bonchev–Trinajstić information content (AvgIpc) is 2.95. The van der Waals surface area contributed by atoms with E-state index in [-0.39, 0.29) is 41.2 Å². The van der Waals surface area contributed by atoms with Crippen LogP contribution in [0, 0.1) is 23.7 Å². The number of phenols is 1. The Balaban J connectivity index is 1.52. The highest BCUT2D eigenvalue weighted by molar-refractivity contribution is 6.08. The Kier molecular flexibility index (Phi) is 3.26. The summed E-state index contributed by atoms with van der Waals surface area (Å²) in [5, 5.41) is 17.2. The molecular formula is C21H18N2O3. The maximum Gasteiger partial charge on any atom is 0.254 e. The highest BCUT2D eigenvalue weighted by atomic mass is 16.3. The molecule has 2 fully saturated rings. The molecule has 5 nitrogen and oxygen atoms in total. The molecule has 0 spiro atoms. The molecule has 0 radical (unpaired) electrons. The zero-order chi connectivity index (χ0) is 17.8. The molecule has 130 valence electrons. The van der Waals surface area contributed by atoms with Gasteiger partial charge in [0.25, 0.3) is 11.8 Å². The van der Waals surface area contributed by atoms with E-state index in [9.17, 15) is 14.7 Å². The van der Waals surface area contributed by atoms with E-state index in [1.54, 1.807) is 6.07 Å². The smallest absolute Gasteiger partial charge is 0.254 e. The third-order valence-corrected chi connectivity index (χ3v) is 5.99. The summed E-state index contributed by atoms with van der Waals surface area (Å²) in [6, 6.07) is 11.0. The minimum absolute atomic E-state index is 0.0747. The molecule has 5 heteroatoms. The second-order valence-corrected chi connectivity index (χ2v) is 7.29. The largest absolute Gasteiger partial charge is 0.507 e. The van der Waals surface area contributed by atoms with Gasteiger partial charge in [-0.25, -0.2) is 0 Å². The second kappa shape index (κ2) is 5.53. The number of carbonyl (C=O) groups is 2. The number of rotatable bonds is 2. The fourth-order valence-electron chi connectivity index (χ4n) is 4.71. The van der Waals surface area contributed by atoms with Crippen molar-refractivity contribution in [1.82, 2.24) is 5.01 Å². The van der Waals surface area contributed by atoms with E-state index >= 15 is 0 Å². The van der Waals surface area contributed by atoms with Crippen molar-refractivity contribution in [2.75, 3.05) is 0 Å². The van der Waals surface area contributed by atoms with Crippen LogP contribution in [0.5, 0.6) is 5.75 Å². The molecule has 2 aromatic rings. The quantitative estimate of drug-likeness (QED) is 0.516. The van der Waals surface area contributed by atoms with Crippen LogP contribution in [0.3, 0.4) is 0 Å². The number of allylic oxidation sites excluding steroid dienone is 2. The fraction of sp³-hybridized carbons (Fsp3) is 0.286. The predicted molar refractivity (Wildman–Crippen MR) is 97.4 cm³/mol. The highest BCUT2D eigenvalue weighted by Crippen LogP contribution is 2.49. The van der Waals surface area contributed by atoms with Crippen LogP contribution in [-0.4, -0.2) is 28.1 Å². The predicted octanol–water partition coefficient (Wildman–Crippen LogP) is 3.08. The van der Waals surface area contributed by atoms with Crippen molar-refractivity contribution >= 4 is 28.8 Å². The standard InChI is InChI=1S/C21H18N2O3/c24-17-10-9-12-3-1-2-4-15(12)16(17)11-22-23-20(25)18-13-5-6-14(8-7-13)19(18)21(23)26/h1-6,9-11,13-14,18-19,24H,7-8H2/b22-11+/t13-,14-,18-,19-/m0/s1. The lowest BCUT2D eigenvalue weighted by atomic mass is 9.63. The monoisotopic (exact) mass is 346 g/mol. The van der Waals surface area contributed by atoms with Crippen LogP contribution < -0.4 is 0 Å². The minimum Gasteiger partial charge on any atom is -0.507 e. The molecule has 2 bridgehead atoms. The topological polar surface area (TPSA) is 70.0 Å². The molecule has 3 aliphatic carbocycles. The molecule has 1 saturated heterocycles. The molecule has 4 aliphatic rings. The van der Waals surface area contributed by atoms with E-state index in [0.717, 1.165) is 28.6 Å². The van der Waals surface area contributed by atoms with Crippen LogP contribution in [-0.2, 0) is 9.59 Å². The Hall–Kier alpha value is -2.95. The molecule has 2 amide bonds. The first-order chi connectivity index (χ1) is 12.6. The molecule has 1 heterocycles. The van der Waals surface area contributed by atoms with Crippen molar-refractivity contribution in [3.05, 3.63) is 54.1 Å². The summed E-state index contributed by atoms with van der Waals surface area (Å²) in [5.74, 6) is -0.606. The second-order valence-electron chi connectivity index (χ2n) is 7.29. The third kappa shape index (κ3) is 2.06. The number of benzene rings is 2. The van der Waals surface area contributed by atoms with Crippen molar-refractivity contribution < 1.29 is 14.7 Å². The van der Waals surface area contributed by atoms with Gasteiger partial charge < -0.3 is 5.11 Å². The molecule has 1 N–H and O–H groups in total. The molecule has 0 unspecified atom stereocenters. The first-order valence-electron chi connectivity index (χ1n) is 8.96. The SMILES string of the molecule is O=C1[C@@H]2[C@@H](C(=O)N1/N=C/c1c(O)ccc3ccccc13)[C@H]1C=C[C@H]2CC1. The Labute approximate surface area is 150 Å². The van der Waals surface area contributed by atoms with Crippen molar-refractivity contribution in [3.8, 4) is 5.75 Å². The molecule has 1 saturated carbocycles. The van der Waals surface area contributed by atoms with Crippen molar-refractivity contribution in [3.63, 3.8) is 0 Å². The molecule has 6 rings (SSSR count). The summed E-state index contributed by atoms with van der Waals surface area (Å²) in [5.41, 5.74) is 0.514. The summed E-state index contributed by atoms with van der Waals surface area (Å²) in [6.07, 6.45) is 7.53. The highest BCUT2D eigenvalue weighted by Gasteiger charge is 2.56. The number of hydrazone groups is 1. The van der Waals surface area contributed by atoms with E-state index in [1.807, 2.05) is 30.3 Å². The van der Waals surface area contributed by atoms with Crippen LogP contribution in [0.1, 0.15) is 18.4 Å². The summed E-state index contributed by atoms with van der Waals surface area (Å²) in [6.45, 7) is 0. The van der Waals surface area contributed by atoms with Gasteiger partial charge in [-0.1, -0.05) is 42.5 Å². The Bertz CT molecular complexity index is 962. The van der Waals surface area contributed by atoms with Crippen LogP contribution >= 0.6 is 0 Å². The number of hydrogen-bond donors (Lipinski definition) is 1. The number of aromatic hydroxyl groups is 1. The maximum absolute atomic E-state index is 12.8. The zero-order valence-electron chi connectivity index (χ0n) is 14.1. The lowest BCUT2D eigenvalue weighted by Gasteiger charge is -2.37. The molecule has 1 aliphatic heterocycles. The Morgan fingerprint density at radius 3 is 2.27 bits per heavy atom. The zero-order valence-corrected chi connectivity index (χ0v) is 14.1. The van der Waals surface area contributed by atoms with Gasteiger partial charge in [-0.2, -0.15) is 10.1 Å². The van der Waals surface area contributed by atoms with Gasteiger partial charge in [0.1, 0.15) is 5.75 Å². The Morgan fingerprint density at radius 2 is 1.62 bits per heavy atom. The van der Waals surface area contributed by atoms with E-state index in [4.69, 9.17) is 0 Å². The number of hydrogen-bond acceptors (Lipinski definition) is 4. The van der Waals surface area contributed by atoms with Gasteiger partial charge in [-0.3, -0.25) is 9.59 Å². The van der Waals surface area contributed by atoms with Gasteiger partial charge >= 0.3 is 0 Å². The number of amides is 2. The average molecular weight is 346 g/mol. The number of imide groups is 1. The lowest BCUT2D eigenvalue weighted by molar-refractivity contribution is -0.140. The summed E-state index contributed by atoms with van der Waals surface area (Å²) in [7, 11) is 0. The number of carbonyl (C=O) groups excluding carboxylic acids is 2. The molecule has 26 heavy (non-hydrogen) atoms. The van der Waals surface area contributed by atoms with Crippen LogP contribution in [0.15, 0.2) is 53.7 Å². The molecular weight excluding hydrogens is 328 g/mol. The van der Waals surface area contributed by atoms with E-state index < -0.39 is 0 Å². The maximum atomic E-state index is 12.8. The molecule has 0 aromatic heterocycles. The van der Waals surface area contributed by atoms with Crippen molar-refractivity contribution in [1.29, 1.82) is 0 Å². The summed E-state index contributed by atoms with van der Waals surface area (Å²) in [4.78, 5) is 25.6. The van der Waals surface area contributed by atoms with E-state index in [0.29, 0.717) is 5.56 Å². The van der Waals surface area contributed by atoms with E-state index in [1.165, 1.54) is 6.21 Å². The molecule has 2 aromatic carbocycles. The van der Waals surface area contributed by atoms with Crippen LogP contribution in [0.25, 0.3) is 10.8 Å². The van der Waals surface area contributed by atoms with Gasteiger partial charge in [-0.05, 0) is 41.5 Å². The van der Waals surface area contributed by atoms with Crippen molar-refractivity contribution in [2.45, 2.75) is 12.8 Å².